The smallest absolute Gasteiger partial charge is 0.309 e. The summed E-state index contributed by atoms with van der Waals surface area (Å²) in [6.07, 6.45) is 16.3. The minimum absolute atomic E-state index is 0.241. The molecule has 0 spiro atoms. The van der Waals surface area contributed by atoms with Crippen LogP contribution in [0.4, 0.5) is 0 Å². The Bertz CT molecular complexity index is 428. The fraction of sp³-hybridized carbons (Fsp3) is 0.923. The van der Waals surface area contributed by atoms with Crippen molar-refractivity contribution in [2.75, 3.05) is 0 Å². The van der Waals surface area contributed by atoms with Gasteiger partial charge in [0.25, 0.3) is 0 Å². The zero-order chi connectivity index (χ0) is 22.8. The number of aliphatic carboxylic acids is 2. The van der Waals surface area contributed by atoms with E-state index in [2.05, 4.69) is 27.7 Å². The molecule has 178 valence electrons. The maximum Gasteiger partial charge on any atom is 0.309 e. The van der Waals surface area contributed by atoms with E-state index >= 15 is 0 Å². The van der Waals surface area contributed by atoms with E-state index in [1.165, 1.54) is 25.7 Å². The Labute approximate surface area is 186 Å². The zero-order valence-electron chi connectivity index (χ0n) is 20.4. The van der Waals surface area contributed by atoms with E-state index in [0.717, 1.165) is 77.0 Å². The lowest BCUT2D eigenvalue weighted by atomic mass is 9.71. The van der Waals surface area contributed by atoms with E-state index in [0.29, 0.717) is 11.8 Å². The molecule has 0 bridgehead atoms. The van der Waals surface area contributed by atoms with Crippen molar-refractivity contribution in [3.05, 3.63) is 0 Å². The lowest BCUT2D eigenvalue weighted by Crippen LogP contribution is -2.32. The maximum atomic E-state index is 12.5. The molecule has 2 unspecified atom stereocenters. The molecule has 30 heavy (non-hydrogen) atoms. The van der Waals surface area contributed by atoms with E-state index in [9.17, 15) is 14.7 Å². The van der Waals surface area contributed by atoms with Crippen LogP contribution in [0.5, 0.6) is 0 Å². The molecule has 0 aromatic heterocycles. The number of hydrogen-bond donors (Lipinski definition) is 2. The van der Waals surface area contributed by atoms with Gasteiger partial charge in [-0.1, -0.05) is 91.9 Å². The largest absolute Gasteiger partial charge is 0.481 e. The van der Waals surface area contributed by atoms with Crippen LogP contribution in [0.25, 0.3) is 0 Å². The third-order valence-corrected chi connectivity index (χ3v) is 7.11. The number of carboxylic acids is 2. The number of unbranched alkanes of at least 4 members (excludes halogenated alkanes) is 4. The summed E-state index contributed by atoms with van der Waals surface area (Å²) in [4.78, 5) is 23.1. The molecule has 2 atom stereocenters. The third-order valence-electron chi connectivity index (χ3n) is 7.11. The van der Waals surface area contributed by atoms with Gasteiger partial charge in [-0.2, -0.15) is 0 Å². The van der Waals surface area contributed by atoms with Crippen molar-refractivity contribution in [2.45, 2.75) is 137 Å². The Balaban J connectivity index is 4.94. The van der Waals surface area contributed by atoms with E-state index in [1.807, 2.05) is 0 Å². The van der Waals surface area contributed by atoms with Crippen LogP contribution in [-0.2, 0) is 9.59 Å². The van der Waals surface area contributed by atoms with Crippen LogP contribution in [0, 0.1) is 17.3 Å². The van der Waals surface area contributed by atoms with E-state index in [-0.39, 0.29) is 6.42 Å². The highest BCUT2D eigenvalue weighted by Crippen LogP contribution is 2.40. The molecule has 0 rings (SSSR count). The van der Waals surface area contributed by atoms with Gasteiger partial charge < -0.3 is 10.2 Å². The van der Waals surface area contributed by atoms with Gasteiger partial charge in [0.1, 0.15) is 0 Å². The summed E-state index contributed by atoms with van der Waals surface area (Å²) >= 11 is 0. The van der Waals surface area contributed by atoms with Crippen LogP contribution in [-0.4, -0.2) is 22.2 Å². The Morgan fingerprint density at radius 1 is 0.667 bits per heavy atom. The molecule has 0 aromatic rings. The molecule has 0 aliphatic carbocycles. The molecule has 0 radical (unpaired) electrons. The van der Waals surface area contributed by atoms with Crippen molar-refractivity contribution in [3.8, 4) is 0 Å². The molecule has 0 saturated heterocycles. The van der Waals surface area contributed by atoms with Crippen molar-refractivity contribution in [2.24, 2.45) is 17.3 Å². The van der Waals surface area contributed by atoms with Gasteiger partial charge in [0.15, 0.2) is 0 Å². The fourth-order valence-electron chi connectivity index (χ4n) is 4.85. The summed E-state index contributed by atoms with van der Waals surface area (Å²) in [5.74, 6) is -0.0363. The van der Waals surface area contributed by atoms with Gasteiger partial charge >= 0.3 is 11.9 Å². The monoisotopic (exact) mass is 426 g/mol. The van der Waals surface area contributed by atoms with Crippen molar-refractivity contribution in [1.82, 2.24) is 0 Å². The molecule has 2 N–H and O–H groups in total. The Morgan fingerprint density at radius 2 is 1.13 bits per heavy atom. The first-order valence-corrected chi connectivity index (χ1v) is 12.8. The summed E-state index contributed by atoms with van der Waals surface area (Å²) in [6, 6.07) is 0. The average Bonchev–Trinajstić information content (AvgIpc) is 2.71. The lowest BCUT2D eigenvalue weighted by Gasteiger charge is -2.32. The minimum Gasteiger partial charge on any atom is -0.481 e. The molecule has 0 heterocycles. The highest BCUT2D eigenvalue weighted by Gasteiger charge is 2.38. The first-order valence-electron chi connectivity index (χ1n) is 12.8. The molecule has 0 amide bonds. The first kappa shape index (κ1) is 28.9. The molecule has 0 aliphatic heterocycles. The van der Waals surface area contributed by atoms with Crippen LogP contribution in [0.3, 0.4) is 0 Å². The fourth-order valence-corrected chi connectivity index (χ4v) is 4.85. The summed E-state index contributed by atoms with van der Waals surface area (Å²) in [6.45, 7) is 8.89. The normalized spacial score (nSPS) is 15.5. The van der Waals surface area contributed by atoms with Crippen LogP contribution in [0.15, 0.2) is 0 Å². The molecule has 0 saturated carbocycles. The van der Waals surface area contributed by atoms with Gasteiger partial charge in [0.05, 0.1) is 5.41 Å². The van der Waals surface area contributed by atoms with Crippen molar-refractivity contribution in [3.63, 3.8) is 0 Å². The first-order chi connectivity index (χ1) is 14.3. The van der Waals surface area contributed by atoms with Crippen molar-refractivity contribution in [1.29, 1.82) is 0 Å². The number of carboxylic acid groups (broad SMARTS) is 2. The highest BCUT2D eigenvalue weighted by molar-refractivity contribution is 5.74. The summed E-state index contributed by atoms with van der Waals surface area (Å²) in [7, 11) is 0. The van der Waals surface area contributed by atoms with Crippen molar-refractivity contribution < 1.29 is 19.8 Å². The molecular weight excluding hydrogens is 376 g/mol. The Hall–Kier alpha value is -1.06. The highest BCUT2D eigenvalue weighted by atomic mass is 16.4. The number of rotatable bonds is 21. The predicted molar refractivity (Wildman–Crippen MR) is 126 cm³/mol. The second-order valence-electron chi connectivity index (χ2n) is 9.45. The molecular formula is C26H50O4. The van der Waals surface area contributed by atoms with Crippen LogP contribution < -0.4 is 0 Å². The summed E-state index contributed by atoms with van der Waals surface area (Å²) < 4.78 is 0. The quantitative estimate of drug-likeness (QED) is 0.182. The topological polar surface area (TPSA) is 74.6 Å². The molecule has 0 aromatic carbocycles. The zero-order valence-corrected chi connectivity index (χ0v) is 20.4. The van der Waals surface area contributed by atoms with Crippen LogP contribution in [0.1, 0.15) is 137 Å². The standard InChI is InChI=1S/C26H50O4/c1-5-14-22(7-3)17-20-26(25(29)30,21-18-23(8-4)15-6-2)19-13-11-9-10-12-16-24(27)28/h22-23H,5-21H2,1-4H3,(H,27,28)(H,29,30). The Morgan fingerprint density at radius 3 is 1.53 bits per heavy atom. The lowest BCUT2D eigenvalue weighted by molar-refractivity contribution is -0.151. The second-order valence-corrected chi connectivity index (χ2v) is 9.45. The molecule has 4 nitrogen and oxygen atoms in total. The van der Waals surface area contributed by atoms with E-state index in [1.54, 1.807) is 0 Å². The van der Waals surface area contributed by atoms with Gasteiger partial charge in [-0.3, -0.25) is 9.59 Å². The molecule has 0 aliphatic rings. The molecule has 4 heteroatoms. The molecule has 0 fully saturated rings. The maximum absolute atomic E-state index is 12.5. The Kier molecular flexibility index (Phi) is 17.0. The van der Waals surface area contributed by atoms with Crippen LogP contribution in [0.2, 0.25) is 0 Å². The number of carbonyl (C=O) groups is 2. The SMILES string of the molecule is CCCC(CC)CCC(CCCCCCCC(=O)O)(CCC(CC)CCC)C(=O)O. The summed E-state index contributed by atoms with van der Waals surface area (Å²) in [5.41, 5.74) is -0.580. The van der Waals surface area contributed by atoms with Gasteiger partial charge in [-0.05, 0) is 50.4 Å². The van der Waals surface area contributed by atoms with Gasteiger partial charge in [-0.25, -0.2) is 0 Å². The number of hydrogen-bond acceptors (Lipinski definition) is 2. The van der Waals surface area contributed by atoms with Gasteiger partial charge in [0, 0.05) is 6.42 Å². The van der Waals surface area contributed by atoms with Gasteiger partial charge in [0.2, 0.25) is 0 Å². The second kappa shape index (κ2) is 17.6. The minimum atomic E-state index is -0.727. The van der Waals surface area contributed by atoms with Gasteiger partial charge in [-0.15, -0.1) is 0 Å². The van der Waals surface area contributed by atoms with E-state index < -0.39 is 17.4 Å². The average molecular weight is 427 g/mol. The summed E-state index contributed by atoms with van der Waals surface area (Å²) in [5, 5.41) is 19.0. The predicted octanol–water partition coefficient (Wildman–Crippen LogP) is 8.09. The third kappa shape index (κ3) is 12.6. The van der Waals surface area contributed by atoms with E-state index in [4.69, 9.17) is 5.11 Å². The van der Waals surface area contributed by atoms with Crippen LogP contribution >= 0.6 is 0 Å². The van der Waals surface area contributed by atoms with Crippen molar-refractivity contribution >= 4 is 11.9 Å².